The van der Waals surface area contributed by atoms with Gasteiger partial charge < -0.3 is 9.64 Å². The Hall–Kier alpha value is -1.84. The smallest absolute Gasteiger partial charge is 0.222 e. The van der Waals surface area contributed by atoms with Crippen molar-refractivity contribution in [3.05, 3.63) is 41.9 Å². The summed E-state index contributed by atoms with van der Waals surface area (Å²) in [4.78, 5) is 13.1. The van der Waals surface area contributed by atoms with Crippen LogP contribution in [-0.2, 0) is 0 Å². The van der Waals surface area contributed by atoms with Crippen molar-refractivity contribution in [2.75, 3.05) is 21.2 Å². The number of carbonyl (C=O) groups excluding carboxylic acids is 1. The minimum atomic E-state index is -0.782. The lowest BCUT2D eigenvalue weighted by atomic mass is 10.1. The molecule has 0 aliphatic rings. The number of hydrogen-bond acceptors (Lipinski definition) is 3. The molecule has 0 spiro atoms. The molecule has 0 atom stereocenters. The first-order chi connectivity index (χ1) is 7.54. The van der Waals surface area contributed by atoms with Crippen LogP contribution in [0.1, 0.15) is 10.4 Å². The molecule has 3 nitrogen and oxygen atoms in total. The molecule has 16 heavy (non-hydrogen) atoms. The zero-order valence-corrected chi connectivity index (χ0v) is 9.53. The highest BCUT2D eigenvalue weighted by atomic mass is 19.1. The maximum atomic E-state index is 13.4. The van der Waals surface area contributed by atoms with Crippen molar-refractivity contribution in [1.29, 1.82) is 0 Å². The molecule has 0 fully saturated rings. The minimum absolute atomic E-state index is 0.302. The molecule has 1 rings (SSSR count). The van der Waals surface area contributed by atoms with E-state index in [2.05, 4.69) is 0 Å². The highest BCUT2D eigenvalue weighted by Gasteiger charge is 2.11. The summed E-state index contributed by atoms with van der Waals surface area (Å²) in [5.74, 6) is -0.778. The summed E-state index contributed by atoms with van der Waals surface area (Å²) in [5.41, 5.74) is 0.302. The summed E-state index contributed by atoms with van der Waals surface area (Å²) in [6, 6.07) is 6.31. The number of rotatable bonds is 4. The van der Waals surface area contributed by atoms with Gasteiger partial charge in [-0.05, 0) is 24.3 Å². The van der Waals surface area contributed by atoms with E-state index in [0.29, 0.717) is 11.3 Å². The van der Waals surface area contributed by atoms with Crippen molar-refractivity contribution in [2.45, 2.75) is 0 Å². The molecule has 0 saturated carbocycles. The number of halogens is 1. The first-order valence-corrected chi connectivity index (χ1v) is 4.77. The van der Waals surface area contributed by atoms with Crippen LogP contribution < -0.4 is 4.74 Å². The number of carbonyl (C=O) groups is 1. The molecule has 0 radical (unpaired) electrons. The normalized spacial score (nSPS) is 11.1. The SMILES string of the molecule is COc1ccc(C(=O)/C(F)=C\N(C)C)cc1. The molecule has 1 aromatic rings. The second-order valence-corrected chi connectivity index (χ2v) is 3.50. The summed E-state index contributed by atoms with van der Waals surface area (Å²) in [7, 11) is 4.84. The molecule has 0 aliphatic heterocycles. The van der Waals surface area contributed by atoms with Gasteiger partial charge in [-0.1, -0.05) is 0 Å². The second kappa shape index (κ2) is 5.30. The largest absolute Gasteiger partial charge is 0.497 e. The van der Waals surface area contributed by atoms with Crippen molar-refractivity contribution in [3.63, 3.8) is 0 Å². The number of allylic oxidation sites excluding steroid dienone is 1. The van der Waals surface area contributed by atoms with Crippen LogP contribution >= 0.6 is 0 Å². The Labute approximate surface area is 94.1 Å². The van der Waals surface area contributed by atoms with Gasteiger partial charge in [-0.25, -0.2) is 4.39 Å². The first-order valence-electron chi connectivity index (χ1n) is 4.77. The molecule has 0 heterocycles. The van der Waals surface area contributed by atoms with E-state index in [-0.39, 0.29) is 0 Å². The Balaban J connectivity index is 2.88. The van der Waals surface area contributed by atoms with Gasteiger partial charge in [0.25, 0.3) is 0 Å². The Morgan fingerprint density at radius 3 is 2.31 bits per heavy atom. The van der Waals surface area contributed by atoms with Crippen molar-refractivity contribution >= 4 is 5.78 Å². The molecule has 4 heteroatoms. The van der Waals surface area contributed by atoms with E-state index < -0.39 is 11.6 Å². The zero-order chi connectivity index (χ0) is 12.1. The lowest BCUT2D eigenvalue weighted by molar-refractivity contribution is 0.100. The average Bonchev–Trinajstić information content (AvgIpc) is 2.27. The highest BCUT2D eigenvalue weighted by molar-refractivity contribution is 6.07. The minimum Gasteiger partial charge on any atom is -0.497 e. The zero-order valence-electron chi connectivity index (χ0n) is 9.53. The quantitative estimate of drug-likeness (QED) is 0.579. The van der Waals surface area contributed by atoms with Gasteiger partial charge in [-0.15, -0.1) is 0 Å². The number of Topliss-reactive ketones (excluding diaryl/α,β-unsaturated/α-hetero) is 1. The molecule has 0 aliphatic carbocycles. The Bertz CT molecular complexity index is 396. The molecule has 86 valence electrons. The molecular weight excluding hydrogens is 209 g/mol. The van der Waals surface area contributed by atoms with E-state index in [0.717, 1.165) is 6.20 Å². The maximum Gasteiger partial charge on any atom is 0.222 e. The number of methoxy groups -OCH3 is 1. The van der Waals surface area contributed by atoms with Crippen molar-refractivity contribution in [1.82, 2.24) is 4.90 Å². The van der Waals surface area contributed by atoms with Gasteiger partial charge in [0.05, 0.1) is 7.11 Å². The fourth-order valence-corrected chi connectivity index (χ4v) is 1.17. The lowest BCUT2D eigenvalue weighted by Crippen LogP contribution is -2.07. The van der Waals surface area contributed by atoms with E-state index in [1.165, 1.54) is 24.1 Å². The molecule has 0 N–H and O–H groups in total. The van der Waals surface area contributed by atoms with Crippen molar-refractivity contribution < 1.29 is 13.9 Å². The predicted molar refractivity (Wildman–Crippen MR) is 60.2 cm³/mol. The Morgan fingerprint density at radius 2 is 1.88 bits per heavy atom. The van der Waals surface area contributed by atoms with Gasteiger partial charge in [0.2, 0.25) is 5.78 Å². The average molecular weight is 223 g/mol. The maximum absolute atomic E-state index is 13.4. The van der Waals surface area contributed by atoms with Crippen LogP contribution in [0.5, 0.6) is 5.75 Å². The van der Waals surface area contributed by atoms with E-state index in [4.69, 9.17) is 4.74 Å². The predicted octanol–water partition coefficient (Wildman–Crippen LogP) is 2.25. The van der Waals surface area contributed by atoms with Crippen LogP contribution in [0.3, 0.4) is 0 Å². The highest BCUT2D eigenvalue weighted by Crippen LogP contribution is 2.15. The first kappa shape index (κ1) is 12.2. The molecule has 1 aromatic carbocycles. The fraction of sp³-hybridized carbons (Fsp3) is 0.250. The van der Waals surface area contributed by atoms with Crippen LogP contribution in [0.25, 0.3) is 0 Å². The van der Waals surface area contributed by atoms with Crippen LogP contribution in [0, 0.1) is 0 Å². The van der Waals surface area contributed by atoms with Crippen molar-refractivity contribution in [2.24, 2.45) is 0 Å². The van der Waals surface area contributed by atoms with E-state index >= 15 is 0 Å². The van der Waals surface area contributed by atoms with Crippen molar-refractivity contribution in [3.8, 4) is 5.75 Å². The van der Waals surface area contributed by atoms with E-state index in [9.17, 15) is 9.18 Å². The summed E-state index contributed by atoms with van der Waals surface area (Å²) < 4.78 is 18.3. The number of benzene rings is 1. The van der Waals surface area contributed by atoms with Gasteiger partial charge in [-0.3, -0.25) is 4.79 Å². The third kappa shape index (κ3) is 3.08. The molecule has 0 saturated heterocycles. The van der Waals surface area contributed by atoms with Gasteiger partial charge in [0, 0.05) is 25.9 Å². The standard InChI is InChI=1S/C12H14FNO2/c1-14(2)8-11(13)12(15)9-4-6-10(16-3)7-5-9/h4-8H,1-3H3/b11-8+. The van der Waals surface area contributed by atoms with Gasteiger partial charge in [0.1, 0.15) is 5.75 Å². The van der Waals surface area contributed by atoms with E-state index in [1.54, 1.807) is 26.2 Å². The third-order valence-electron chi connectivity index (χ3n) is 1.94. The number of hydrogen-bond donors (Lipinski definition) is 0. The number of ketones is 1. The summed E-state index contributed by atoms with van der Waals surface area (Å²) in [5, 5.41) is 0. The Morgan fingerprint density at radius 1 is 1.31 bits per heavy atom. The Kier molecular flexibility index (Phi) is 4.05. The van der Waals surface area contributed by atoms with Crippen LogP contribution in [0.2, 0.25) is 0 Å². The third-order valence-corrected chi connectivity index (χ3v) is 1.94. The monoisotopic (exact) mass is 223 g/mol. The van der Waals surface area contributed by atoms with Crippen LogP contribution in [-0.4, -0.2) is 31.9 Å². The van der Waals surface area contributed by atoms with Crippen LogP contribution in [0.15, 0.2) is 36.3 Å². The van der Waals surface area contributed by atoms with Gasteiger partial charge in [-0.2, -0.15) is 0 Å². The molecule has 0 amide bonds. The van der Waals surface area contributed by atoms with E-state index in [1.807, 2.05) is 0 Å². The van der Waals surface area contributed by atoms with Crippen LogP contribution in [0.4, 0.5) is 4.39 Å². The lowest BCUT2D eigenvalue weighted by Gasteiger charge is -2.05. The molecule has 0 aromatic heterocycles. The fourth-order valence-electron chi connectivity index (χ4n) is 1.17. The number of nitrogens with zero attached hydrogens (tertiary/aromatic N) is 1. The van der Waals surface area contributed by atoms with Gasteiger partial charge in [0.15, 0.2) is 5.83 Å². The second-order valence-electron chi connectivity index (χ2n) is 3.50. The summed E-state index contributed by atoms with van der Waals surface area (Å²) >= 11 is 0. The molecule has 0 unspecified atom stereocenters. The number of ether oxygens (including phenoxy) is 1. The van der Waals surface area contributed by atoms with Gasteiger partial charge >= 0.3 is 0 Å². The topological polar surface area (TPSA) is 29.5 Å². The summed E-state index contributed by atoms with van der Waals surface area (Å²) in [6.07, 6.45) is 1.15. The molecular formula is C12H14FNO2. The molecule has 0 bridgehead atoms. The summed E-state index contributed by atoms with van der Waals surface area (Å²) in [6.45, 7) is 0.